The van der Waals surface area contributed by atoms with Gasteiger partial charge in [0.05, 0.1) is 0 Å². The molecule has 7 nitrogen and oxygen atoms in total. The van der Waals surface area contributed by atoms with Gasteiger partial charge >= 0.3 is 6.03 Å². The predicted molar refractivity (Wildman–Crippen MR) is 116 cm³/mol. The monoisotopic (exact) mass is 414 g/mol. The molecule has 1 heterocycles. The van der Waals surface area contributed by atoms with Crippen LogP contribution in [0.5, 0.6) is 0 Å². The van der Waals surface area contributed by atoms with Crippen LogP contribution in [0.2, 0.25) is 0 Å². The molecule has 2 fully saturated rings. The van der Waals surface area contributed by atoms with Gasteiger partial charge in [-0.15, -0.1) is 0 Å². The molecule has 2 aliphatic rings. The third-order valence-corrected chi connectivity index (χ3v) is 6.56. The molecule has 0 radical (unpaired) electrons. The summed E-state index contributed by atoms with van der Waals surface area (Å²) in [5.74, 6) is 0.0428. The molecule has 0 bridgehead atoms. The van der Waals surface area contributed by atoms with E-state index in [0.29, 0.717) is 25.3 Å². The summed E-state index contributed by atoms with van der Waals surface area (Å²) in [5.41, 5.74) is 1.38. The van der Waals surface area contributed by atoms with E-state index in [9.17, 15) is 14.4 Å². The Morgan fingerprint density at radius 2 is 1.93 bits per heavy atom. The zero-order valence-electron chi connectivity index (χ0n) is 18.4. The minimum Gasteiger partial charge on any atom is -0.350 e. The first-order valence-electron chi connectivity index (χ1n) is 11.0. The number of nitrogens with zero attached hydrogens (tertiary/aromatic N) is 2. The molecule has 30 heavy (non-hydrogen) atoms. The number of urea groups is 1. The normalized spacial score (nSPS) is 23.9. The molecular formula is C23H34N4O3. The van der Waals surface area contributed by atoms with E-state index in [0.717, 1.165) is 42.8 Å². The van der Waals surface area contributed by atoms with Crippen molar-refractivity contribution in [3.8, 4) is 0 Å². The van der Waals surface area contributed by atoms with E-state index in [4.69, 9.17) is 0 Å². The van der Waals surface area contributed by atoms with Crippen LogP contribution < -0.4 is 10.6 Å². The Kier molecular flexibility index (Phi) is 7.13. The van der Waals surface area contributed by atoms with E-state index in [1.165, 1.54) is 5.56 Å². The molecule has 7 heteroatoms. The lowest BCUT2D eigenvalue weighted by atomic mass is 9.75. The number of imide groups is 1. The number of nitrogens with one attached hydrogen (secondary N) is 2. The Bertz CT molecular complexity index is 786. The molecule has 2 N–H and O–H groups in total. The van der Waals surface area contributed by atoms with Crippen LogP contribution in [0.3, 0.4) is 0 Å². The smallest absolute Gasteiger partial charge is 0.325 e. The highest BCUT2D eigenvalue weighted by atomic mass is 16.2. The third-order valence-electron chi connectivity index (χ3n) is 6.56. The van der Waals surface area contributed by atoms with Gasteiger partial charge in [-0.05, 0) is 56.3 Å². The lowest BCUT2D eigenvalue weighted by molar-refractivity contribution is -0.136. The molecule has 4 amide bonds. The van der Waals surface area contributed by atoms with Gasteiger partial charge in [0, 0.05) is 13.1 Å². The maximum absolute atomic E-state index is 12.9. The minimum absolute atomic E-state index is 0.234. The summed E-state index contributed by atoms with van der Waals surface area (Å²) in [6, 6.07) is 7.63. The molecule has 1 aliphatic heterocycles. The van der Waals surface area contributed by atoms with Crippen molar-refractivity contribution in [3.63, 3.8) is 0 Å². The summed E-state index contributed by atoms with van der Waals surface area (Å²) in [6.45, 7) is 6.22. The fourth-order valence-corrected chi connectivity index (χ4v) is 4.40. The van der Waals surface area contributed by atoms with Crippen molar-refractivity contribution in [2.75, 3.05) is 20.1 Å². The molecule has 1 aromatic carbocycles. The molecule has 164 valence electrons. The molecule has 1 spiro atoms. The van der Waals surface area contributed by atoms with Gasteiger partial charge in [-0.3, -0.25) is 14.5 Å². The second-order valence-electron chi connectivity index (χ2n) is 8.68. The van der Waals surface area contributed by atoms with Gasteiger partial charge in [-0.25, -0.2) is 4.79 Å². The standard InChI is InChI=1S/C23H34N4O3/c1-4-17-9-11-23(12-10-17)21(29)27(22(30)25-23)16-20(28)24-14-18-7-6-8-19(13-18)15-26(3)5-2/h6-8,13,17H,4-5,9-12,14-16H2,1-3H3,(H,24,28)(H,25,30). The zero-order valence-corrected chi connectivity index (χ0v) is 18.4. The van der Waals surface area contributed by atoms with Crippen molar-refractivity contribution >= 4 is 17.8 Å². The molecule has 1 aromatic rings. The Morgan fingerprint density at radius 3 is 2.60 bits per heavy atom. The SMILES string of the molecule is CCC1CCC2(CC1)NC(=O)N(CC(=O)NCc1cccc(CN(C)CC)c1)C2=O. The van der Waals surface area contributed by atoms with Gasteiger partial charge in [-0.2, -0.15) is 0 Å². The summed E-state index contributed by atoms with van der Waals surface area (Å²) in [7, 11) is 2.06. The summed E-state index contributed by atoms with van der Waals surface area (Å²) < 4.78 is 0. The number of benzene rings is 1. The molecule has 1 saturated heterocycles. The topological polar surface area (TPSA) is 81.8 Å². The molecule has 0 atom stereocenters. The number of amides is 4. The van der Waals surface area contributed by atoms with Crippen LogP contribution in [-0.2, 0) is 22.7 Å². The van der Waals surface area contributed by atoms with Gasteiger partial charge < -0.3 is 15.5 Å². The van der Waals surface area contributed by atoms with Gasteiger partial charge in [0.15, 0.2) is 0 Å². The number of rotatable bonds is 8. The van der Waals surface area contributed by atoms with Crippen molar-refractivity contribution < 1.29 is 14.4 Å². The van der Waals surface area contributed by atoms with E-state index in [1.54, 1.807) is 0 Å². The summed E-state index contributed by atoms with van der Waals surface area (Å²) in [6.07, 6.45) is 4.29. The molecule has 0 unspecified atom stereocenters. The Balaban J connectivity index is 1.53. The van der Waals surface area contributed by atoms with Crippen molar-refractivity contribution in [1.29, 1.82) is 0 Å². The molecule has 1 aliphatic carbocycles. The van der Waals surface area contributed by atoms with Crippen molar-refractivity contribution in [2.24, 2.45) is 5.92 Å². The Labute approximate surface area is 179 Å². The highest BCUT2D eigenvalue weighted by molar-refractivity contribution is 6.09. The average molecular weight is 415 g/mol. The third kappa shape index (κ3) is 5.01. The van der Waals surface area contributed by atoms with Crippen LogP contribution in [0, 0.1) is 5.92 Å². The quantitative estimate of drug-likeness (QED) is 0.641. The highest BCUT2D eigenvalue weighted by Gasteiger charge is 2.52. The fourth-order valence-electron chi connectivity index (χ4n) is 4.40. The van der Waals surface area contributed by atoms with E-state index in [2.05, 4.69) is 48.6 Å². The summed E-state index contributed by atoms with van der Waals surface area (Å²) >= 11 is 0. The molecule has 1 saturated carbocycles. The largest absolute Gasteiger partial charge is 0.350 e. The van der Waals surface area contributed by atoms with E-state index >= 15 is 0 Å². The van der Waals surface area contributed by atoms with Crippen LogP contribution in [-0.4, -0.2) is 53.3 Å². The van der Waals surface area contributed by atoms with Crippen LogP contribution >= 0.6 is 0 Å². The van der Waals surface area contributed by atoms with Crippen LogP contribution in [0.15, 0.2) is 24.3 Å². The second-order valence-corrected chi connectivity index (χ2v) is 8.68. The van der Waals surface area contributed by atoms with E-state index in [-0.39, 0.29) is 18.4 Å². The van der Waals surface area contributed by atoms with Gasteiger partial charge in [-0.1, -0.05) is 44.5 Å². The van der Waals surface area contributed by atoms with Gasteiger partial charge in [0.1, 0.15) is 12.1 Å². The maximum Gasteiger partial charge on any atom is 0.325 e. The van der Waals surface area contributed by atoms with Gasteiger partial charge in [0.2, 0.25) is 5.91 Å². The number of hydrogen-bond acceptors (Lipinski definition) is 4. The molecule has 0 aromatic heterocycles. The summed E-state index contributed by atoms with van der Waals surface area (Å²) in [4.78, 5) is 41.1. The van der Waals surface area contributed by atoms with Crippen LogP contribution in [0.1, 0.15) is 57.1 Å². The lowest BCUT2D eigenvalue weighted by Crippen LogP contribution is -2.50. The van der Waals surface area contributed by atoms with Crippen LogP contribution in [0.4, 0.5) is 4.79 Å². The predicted octanol–water partition coefficient (Wildman–Crippen LogP) is 2.65. The number of carbonyl (C=O) groups is 3. The van der Waals surface area contributed by atoms with Gasteiger partial charge in [0.25, 0.3) is 5.91 Å². The van der Waals surface area contributed by atoms with Crippen molar-refractivity contribution in [1.82, 2.24) is 20.4 Å². The minimum atomic E-state index is -0.803. The van der Waals surface area contributed by atoms with E-state index in [1.807, 2.05) is 12.1 Å². The first-order valence-corrected chi connectivity index (χ1v) is 11.0. The number of hydrogen-bond donors (Lipinski definition) is 2. The number of carbonyl (C=O) groups excluding carboxylic acids is 3. The highest BCUT2D eigenvalue weighted by Crippen LogP contribution is 2.37. The Hall–Kier alpha value is -2.41. The fraction of sp³-hybridized carbons (Fsp3) is 0.609. The Morgan fingerprint density at radius 1 is 1.23 bits per heavy atom. The van der Waals surface area contributed by atoms with Crippen molar-refractivity contribution in [2.45, 2.75) is 64.6 Å². The second kappa shape index (κ2) is 9.60. The first-order chi connectivity index (χ1) is 14.4. The average Bonchev–Trinajstić information content (AvgIpc) is 2.97. The lowest BCUT2D eigenvalue weighted by Gasteiger charge is -2.34. The maximum atomic E-state index is 12.9. The zero-order chi connectivity index (χ0) is 21.7. The molecule has 3 rings (SSSR count). The summed E-state index contributed by atoms with van der Waals surface area (Å²) in [5, 5.41) is 5.72. The first kappa shape index (κ1) is 22.3. The van der Waals surface area contributed by atoms with E-state index < -0.39 is 11.6 Å². The van der Waals surface area contributed by atoms with Crippen molar-refractivity contribution in [3.05, 3.63) is 35.4 Å². The molecular weight excluding hydrogens is 380 g/mol. The van der Waals surface area contributed by atoms with Crippen LogP contribution in [0.25, 0.3) is 0 Å².